The molecule has 1 saturated carbocycles. The Morgan fingerprint density at radius 2 is 1.89 bits per heavy atom. The molecule has 0 bridgehead atoms. The minimum atomic E-state index is -4.38. The fourth-order valence-corrected chi connectivity index (χ4v) is 5.51. The van der Waals surface area contributed by atoms with Crippen molar-refractivity contribution < 1.29 is 35.9 Å². The van der Waals surface area contributed by atoms with Gasteiger partial charge in [-0.2, -0.15) is 17.4 Å². The molecule has 0 spiro atoms. The van der Waals surface area contributed by atoms with E-state index in [0.717, 1.165) is 25.1 Å². The van der Waals surface area contributed by atoms with Gasteiger partial charge in [0, 0.05) is 25.4 Å². The summed E-state index contributed by atoms with van der Waals surface area (Å²) in [6, 6.07) is 2.88. The number of halogens is 4. The monoisotopic (exact) mass is 544 g/mol. The van der Waals surface area contributed by atoms with Crippen LogP contribution in [-0.2, 0) is 21.4 Å². The van der Waals surface area contributed by atoms with Gasteiger partial charge >= 0.3 is 0 Å². The van der Waals surface area contributed by atoms with E-state index in [0.29, 0.717) is 16.4 Å². The third-order valence-corrected chi connectivity index (χ3v) is 8.48. The summed E-state index contributed by atoms with van der Waals surface area (Å²) in [5, 5.41) is 10.6. The van der Waals surface area contributed by atoms with Crippen LogP contribution in [0.15, 0.2) is 30.3 Å². The molecule has 4 rings (SSSR count). The second kappa shape index (κ2) is 9.61. The predicted octanol–water partition coefficient (Wildman–Crippen LogP) is 2.40. The van der Waals surface area contributed by atoms with Crippen molar-refractivity contribution in [1.29, 1.82) is 0 Å². The SMILES string of the molecule is Cc1ccc(F)c(-c2cccc(C[C@H]3[C@@H](NS(=O)(=O)N(C)C)C(F)(F)CN3C(=O)C3(O)CCC3)c2F)n1. The topological polar surface area (TPSA) is 103 Å². The molecule has 2 aromatic rings. The van der Waals surface area contributed by atoms with Crippen LogP contribution in [0.5, 0.6) is 0 Å². The predicted molar refractivity (Wildman–Crippen MR) is 127 cm³/mol. The van der Waals surface area contributed by atoms with Gasteiger partial charge in [0.05, 0.1) is 12.6 Å². The van der Waals surface area contributed by atoms with Crippen molar-refractivity contribution in [3.05, 3.63) is 53.2 Å². The van der Waals surface area contributed by atoms with E-state index in [-0.39, 0.29) is 29.7 Å². The van der Waals surface area contributed by atoms with Gasteiger partial charge in [-0.15, -0.1) is 0 Å². The van der Waals surface area contributed by atoms with Gasteiger partial charge in [0.2, 0.25) is 0 Å². The number of alkyl halides is 2. The second-order valence-corrected chi connectivity index (χ2v) is 11.7. The first-order valence-electron chi connectivity index (χ1n) is 11.7. The highest BCUT2D eigenvalue weighted by Crippen LogP contribution is 2.41. The van der Waals surface area contributed by atoms with Crippen molar-refractivity contribution in [1.82, 2.24) is 18.9 Å². The maximum atomic E-state index is 15.7. The maximum absolute atomic E-state index is 15.7. The van der Waals surface area contributed by atoms with Crippen LogP contribution in [0.25, 0.3) is 11.3 Å². The number of likely N-dealkylation sites (tertiary alicyclic amines) is 1. The number of aliphatic hydroxyl groups is 1. The number of pyridine rings is 1. The molecule has 2 heterocycles. The minimum Gasteiger partial charge on any atom is -0.380 e. The number of carbonyl (C=O) groups excluding carboxylic acids is 1. The van der Waals surface area contributed by atoms with Crippen molar-refractivity contribution in [3.8, 4) is 11.3 Å². The second-order valence-electron chi connectivity index (χ2n) is 9.80. The molecule has 2 fully saturated rings. The standard InChI is InChI=1S/C24H28F4N4O4S/c1-14-8-9-17(25)20(29-14)16-7-4-6-15(19(16)26)12-18-21(30-37(35,36)31(2)3)24(27,28)13-32(18)22(33)23(34)10-5-11-23/h4,6-9,18,21,30,34H,5,10-13H2,1-3H3/t18-,21+/m0/s1. The zero-order valence-electron chi connectivity index (χ0n) is 20.5. The number of nitrogens with one attached hydrogen (secondary N) is 1. The van der Waals surface area contributed by atoms with E-state index >= 15 is 13.2 Å². The number of nitrogens with zero attached hydrogens (tertiary/aromatic N) is 3. The molecule has 1 aliphatic carbocycles. The summed E-state index contributed by atoms with van der Waals surface area (Å²) in [6.45, 7) is 0.441. The highest BCUT2D eigenvalue weighted by atomic mass is 32.2. The lowest BCUT2D eigenvalue weighted by Gasteiger charge is -2.40. The lowest BCUT2D eigenvalue weighted by molar-refractivity contribution is -0.162. The van der Waals surface area contributed by atoms with E-state index in [9.17, 15) is 22.7 Å². The number of rotatable bonds is 7. The van der Waals surface area contributed by atoms with Crippen LogP contribution in [0.4, 0.5) is 17.6 Å². The molecule has 1 amide bonds. The third kappa shape index (κ3) is 5.09. The Bertz CT molecular complexity index is 1320. The number of carbonyl (C=O) groups is 1. The molecule has 0 unspecified atom stereocenters. The molecule has 13 heteroatoms. The summed E-state index contributed by atoms with van der Waals surface area (Å²) in [6.07, 6.45) is 0.165. The summed E-state index contributed by atoms with van der Waals surface area (Å²) in [7, 11) is -2.08. The van der Waals surface area contributed by atoms with Crippen LogP contribution in [0.2, 0.25) is 0 Å². The molecule has 8 nitrogen and oxygen atoms in total. The lowest BCUT2D eigenvalue weighted by atomic mass is 9.79. The van der Waals surface area contributed by atoms with Gasteiger partial charge in [0.25, 0.3) is 22.0 Å². The Balaban J connectivity index is 1.77. The Labute approximate surface area is 212 Å². The molecule has 1 aliphatic heterocycles. The zero-order valence-corrected chi connectivity index (χ0v) is 21.3. The van der Waals surface area contributed by atoms with Crippen LogP contribution in [0, 0.1) is 18.6 Å². The van der Waals surface area contributed by atoms with E-state index in [1.165, 1.54) is 24.3 Å². The van der Waals surface area contributed by atoms with Crippen molar-refractivity contribution >= 4 is 16.1 Å². The van der Waals surface area contributed by atoms with Crippen LogP contribution in [0.1, 0.15) is 30.5 Å². The number of benzene rings is 1. The molecule has 202 valence electrons. The number of aryl methyl sites for hydroxylation is 1. The highest BCUT2D eigenvalue weighted by molar-refractivity contribution is 7.87. The van der Waals surface area contributed by atoms with Gasteiger partial charge in [0.1, 0.15) is 29.0 Å². The Morgan fingerprint density at radius 1 is 1.22 bits per heavy atom. The van der Waals surface area contributed by atoms with Crippen LogP contribution in [-0.4, -0.2) is 77.9 Å². The fraction of sp³-hybridized carbons (Fsp3) is 0.500. The average Bonchev–Trinajstić information content (AvgIpc) is 3.04. The molecular formula is C24H28F4N4O4S. The maximum Gasteiger partial charge on any atom is 0.283 e. The molecule has 0 radical (unpaired) electrons. The Morgan fingerprint density at radius 3 is 2.49 bits per heavy atom. The van der Waals surface area contributed by atoms with Crippen molar-refractivity contribution in [3.63, 3.8) is 0 Å². The molecule has 2 aliphatic rings. The Kier molecular flexibility index (Phi) is 7.12. The molecule has 1 aromatic heterocycles. The van der Waals surface area contributed by atoms with Crippen molar-refractivity contribution in [2.45, 2.75) is 56.2 Å². The van der Waals surface area contributed by atoms with E-state index in [2.05, 4.69) is 4.98 Å². The molecule has 2 N–H and O–H groups in total. The normalized spacial score (nSPS) is 22.8. The highest BCUT2D eigenvalue weighted by Gasteiger charge is 2.60. The largest absolute Gasteiger partial charge is 0.380 e. The van der Waals surface area contributed by atoms with Crippen molar-refractivity contribution in [2.24, 2.45) is 0 Å². The number of hydrogen-bond donors (Lipinski definition) is 2. The van der Waals surface area contributed by atoms with E-state index in [4.69, 9.17) is 0 Å². The van der Waals surface area contributed by atoms with Gasteiger partial charge < -0.3 is 10.0 Å². The van der Waals surface area contributed by atoms with Gasteiger partial charge in [-0.3, -0.25) is 4.79 Å². The van der Waals surface area contributed by atoms with Gasteiger partial charge in [-0.25, -0.2) is 22.5 Å². The quantitative estimate of drug-likeness (QED) is 0.522. The van der Waals surface area contributed by atoms with Crippen LogP contribution >= 0.6 is 0 Å². The summed E-state index contributed by atoms with van der Waals surface area (Å²) >= 11 is 0. The molecule has 1 saturated heterocycles. The number of aromatic nitrogens is 1. The smallest absolute Gasteiger partial charge is 0.283 e. The Hall–Kier alpha value is -2.61. The first-order valence-corrected chi connectivity index (χ1v) is 13.1. The number of hydrogen-bond acceptors (Lipinski definition) is 5. The van der Waals surface area contributed by atoms with Gasteiger partial charge in [0.15, 0.2) is 0 Å². The van der Waals surface area contributed by atoms with Gasteiger partial charge in [-0.05, 0) is 56.4 Å². The molecule has 37 heavy (non-hydrogen) atoms. The first-order chi connectivity index (χ1) is 17.2. The van der Waals surface area contributed by atoms with Crippen molar-refractivity contribution in [2.75, 3.05) is 20.6 Å². The number of amides is 1. The molecular weight excluding hydrogens is 516 g/mol. The lowest BCUT2D eigenvalue weighted by Crippen LogP contribution is -2.58. The summed E-state index contributed by atoms with van der Waals surface area (Å²) in [5.41, 5.74) is -2.02. The molecule has 1 aromatic carbocycles. The summed E-state index contributed by atoms with van der Waals surface area (Å²) in [5.74, 6) is -6.40. The van der Waals surface area contributed by atoms with E-state index in [1.54, 1.807) is 6.92 Å². The molecule has 2 atom stereocenters. The third-order valence-electron chi connectivity index (χ3n) is 6.97. The fourth-order valence-electron chi connectivity index (χ4n) is 4.65. The van der Waals surface area contributed by atoms with E-state index < -0.39 is 64.3 Å². The zero-order chi connectivity index (χ0) is 27.3. The average molecular weight is 545 g/mol. The van der Waals surface area contributed by atoms with Crippen LogP contribution < -0.4 is 4.72 Å². The first kappa shape index (κ1) is 27.4. The minimum absolute atomic E-state index is 0.0802. The van der Waals surface area contributed by atoms with Gasteiger partial charge in [-0.1, -0.05) is 12.1 Å². The van der Waals surface area contributed by atoms with Crippen LogP contribution in [0.3, 0.4) is 0 Å². The summed E-state index contributed by atoms with van der Waals surface area (Å²) in [4.78, 5) is 17.9. The summed E-state index contributed by atoms with van der Waals surface area (Å²) < 4.78 is 88.2. The van der Waals surface area contributed by atoms with E-state index in [1.807, 2.05) is 4.72 Å².